The van der Waals surface area contributed by atoms with E-state index in [0.29, 0.717) is 17.5 Å². The number of fused-ring (bicyclic) bond motifs is 1. The van der Waals surface area contributed by atoms with E-state index in [4.69, 9.17) is 15.6 Å². The molecule has 8 heteroatoms. The zero-order chi connectivity index (χ0) is 13.6. The number of anilines is 1. The van der Waals surface area contributed by atoms with Crippen molar-refractivity contribution in [2.45, 2.75) is 24.9 Å². The maximum absolute atomic E-state index is 11.7. The van der Waals surface area contributed by atoms with Crippen LogP contribution in [0.1, 0.15) is 12.6 Å². The number of aromatic nitrogens is 3. The predicted octanol–water partition coefficient (Wildman–Crippen LogP) is -1.05. The number of aliphatic hydroxyl groups excluding tert-OH is 2. The van der Waals surface area contributed by atoms with E-state index in [1.165, 1.54) is 0 Å². The van der Waals surface area contributed by atoms with Crippen molar-refractivity contribution in [2.75, 3.05) is 12.3 Å². The maximum atomic E-state index is 11.7. The first-order chi connectivity index (χ1) is 9.10. The van der Waals surface area contributed by atoms with Gasteiger partial charge in [-0.1, -0.05) is 0 Å². The minimum Gasteiger partial charge on any atom is -0.394 e. The SMILES string of the molecule is Nc1nc2c(ccn2[C@@H]2O[C@H](CO)C[C@H]2O)c(=O)[nH]1. The lowest BCUT2D eigenvalue weighted by atomic mass is 10.2. The number of nitrogens with two attached hydrogens (primary N) is 1. The molecule has 102 valence electrons. The standard InChI is InChI=1S/C11H14N4O4/c12-11-13-8-6(9(18)14-11)1-2-15(8)10-7(17)3-5(4-16)19-10/h1-2,5,7,10,16-17H,3-4H2,(H3,12,13,14,18)/t5-,7+,10+/m0/s1. The number of hydrogen-bond donors (Lipinski definition) is 4. The van der Waals surface area contributed by atoms with Crippen LogP contribution in [0.3, 0.4) is 0 Å². The molecule has 0 bridgehead atoms. The quantitative estimate of drug-likeness (QED) is 0.549. The summed E-state index contributed by atoms with van der Waals surface area (Å²) >= 11 is 0. The van der Waals surface area contributed by atoms with Gasteiger partial charge in [-0.2, -0.15) is 4.98 Å². The van der Waals surface area contributed by atoms with Gasteiger partial charge in [-0.05, 0) is 6.07 Å². The Balaban J connectivity index is 2.09. The van der Waals surface area contributed by atoms with Gasteiger partial charge < -0.3 is 25.3 Å². The van der Waals surface area contributed by atoms with Crippen molar-refractivity contribution in [1.29, 1.82) is 0 Å². The molecule has 0 spiro atoms. The fourth-order valence-corrected chi connectivity index (χ4v) is 2.36. The largest absolute Gasteiger partial charge is 0.394 e. The molecule has 5 N–H and O–H groups in total. The van der Waals surface area contributed by atoms with Crippen molar-refractivity contribution >= 4 is 17.0 Å². The molecule has 3 heterocycles. The number of nitrogens with one attached hydrogen (secondary N) is 1. The molecule has 2 aromatic rings. The van der Waals surface area contributed by atoms with Gasteiger partial charge in [0.2, 0.25) is 5.95 Å². The molecular weight excluding hydrogens is 252 g/mol. The first kappa shape index (κ1) is 12.2. The highest BCUT2D eigenvalue weighted by molar-refractivity contribution is 5.76. The van der Waals surface area contributed by atoms with Crippen LogP contribution in [0.25, 0.3) is 11.0 Å². The molecule has 8 nitrogen and oxygen atoms in total. The van der Waals surface area contributed by atoms with Crippen LogP contribution >= 0.6 is 0 Å². The number of hydrogen-bond acceptors (Lipinski definition) is 6. The Hall–Kier alpha value is -1.90. The van der Waals surface area contributed by atoms with E-state index in [1.54, 1.807) is 16.8 Å². The molecule has 0 unspecified atom stereocenters. The monoisotopic (exact) mass is 266 g/mol. The van der Waals surface area contributed by atoms with Crippen molar-refractivity contribution in [3.63, 3.8) is 0 Å². The van der Waals surface area contributed by atoms with E-state index in [9.17, 15) is 9.90 Å². The molecule has 3 atom stereocenters. The van der Waals surface area contributed by atoms with Gasteiger partial charge >= 0.3 is 0 Å². The number of aromatic amines is 1. The van der Waals surface area contributed by atoms with Crippen LogP contribution < -0.4 is 11.3 Å². The van der Waals surface area contributed by atoms with E-state index in [1.807, 2.05) is 0 Å². The number of ether oxygens (including phenoxy) is 1. The zero-order valence-corrected chi connectivity index (χ0v) is 9.98. The summed E-state index contributed by atoms with van der Waals surface area (Å²) in [4.78, 5) is 18.2. The average Bonchev–Trinajstić information content (AvgIpc) is 2.92. The molecule has 1 saturated heterocycles. The first-order valence-electron chi connectivity index (χ1n) is 5.91. The molecule has 0 amide bonds. The van der Waals surface area contributed by atoms with Crippen LogP contribution in [0.2, 0.25) is 0 Å². The topological polar surface area (TPSA) is 126 Å². The van der Waals surface area contributed by atoms with Crippen LogP contribution in [-0.4, -0.2) is 43.6 Å². The maximum Gasteiger partial charge on any atom is 0.261 e. The molecular formula is C11H14N4O4. The molecule has 0 saturated carbocycles. The second-order valence-electron chi connectivity index (χ2n) is 4.55. The van der Waals surface area contributed by atoms with Crippen LogP contribution in [-0.2, 0) is 4.74 Å². The number of aliphatic hydroxyl groups is 2. The molecule has 1 fully saturated rings. The average molecular weight is 266 g/mol. The third-order valence-electron chi connectivity index (χ3n) is 3.24. The van der Waals surface area contributed by atoms with E-state index in [2.05, 4.69) is 9.97 Å². The number of nitrogens with zero attached hydrogens (tertiary/aromatic N) is 2. The normalized spacial score (nSPS) is 27.2. The van der Waals surface area contributed by atoms with Gasteiger partial charge in [0, 0.05) is 12.6 Å². The van der Waals surface area contributed by atoms with Gasteiger partial charge in [0.1, 0.15) is 6.10 Å². The lowest BCUT2D eigenvalue weighted by Crippen LogP contribution is -2.20. The summed E-state index contributed by atoms with van der Waals surface area (Å²) in [6.45, 7) is -0.164. The zero-order valence-electron chi connectivity index (χ0n) is 9.98. The van der Waals surface area contributed by atoms with Gasteiger partial charge in [0.05, 0.1) is 18.1 Å². The van der Waals surface area contributed by atoms with E-state index in [0.717, 1.165) is 0 Å². The second-order valence-corrected chi connectivity index (χ2v) is 4.55. The third-order valence-corrected chi connectivity index (χ3v) is 3.24. The summed E-state index contributed by atoms with van der Waals surface area (Å²) in [6, 6.07) is 1.59. The molecule has 0 radical (unpaired) electrons. The lowest BCUT2D eigenvalue weighted by molar-refractivity contribution is -0.0484. The molecule has 2 aromatic heterocycles. The van der Waals surface area contributed by atoms with Crippen molar-refractivity contribution in [3.05, 3.63) is 22.6 Å². The van der Waals surface area contributed by atoms with Gasteiger partial charge in [-0.3, -0.25) is 9.78 Å². The third kappa shape index (κ3) is 1.89. The Morgan fingerprint density at radius 3 is 3.11 bits per heavy atom. The van der Waals surface area contributed by atoms with Crippen LogP contribution in [0.4, 0.5) is 5.95 Å². The lowest BCUT2D eigenvalue weighted by Gasteiger charge is -2.17. The molecule has 19 heavy (non-hydrogen) atoms. The summed E-state index contributed by atoms with van der Waals surface area (Å²) in [7, 11) is 0. The first-order valence-corrected chi connectivity index (χ1v) is 5.91. The van der Waals surface area contributed by atoms with Crippen LogP contribution in [0.5, 0.6) is 0 Å². The Kier molecular flexibility index (Phi) is 2.77. The van der Waals surface area contributed by atoms with Crippen molar-refractivity contribution < 1.29 is 14.9 Å². The molecule has 0 aromatic carbocycles. The Labute approximate surface area is 107 Å². The molecule has 0 aliphatic carbocycles. The summed E-state index contributed by atoms with van der Waals surface area (Å²) < 4.78 is 7.08. The summed E-state index contributed by atoms with van der Waals surface area (Å²) in [5.41, 5.74) is 5.53. The minimum absolute atomic E-state index is 0.00337. The highest BCUT2D eigenvalue weighted by atomic mass is 16.5. The smallest absolute Gasteiger partial charge is 0.261 e. The van der Waals surface area contributed by atoms with E-state index < -0.39 is 18.4 Å². The summed E-state index contributed by atoms with van der Waals surface area (Å²) in [5.74, 6) is 0.00337. The number of rotatable bonds is 2. The number of H-pyrrole nitrogens is 1. The molecule has 1 aliphatic heterocycles. The fraction of sp³-hybridized carbons (Fsp3) is 0.455. The van der Waals surface area contributed by atoms with Crippen LogP contribution in [0.15, 0.2) is 17.1 Å². The van der Waals surface area contributed by atoms with Crippen molar-refractivity contribution in [1.82, 2.24) is 14.5 Å². The van der Waals surface area contributed by atoms with E-state index >= 15 is 0 Å². The number of nitrogen functional groups attached to an aromatic ring is 1. The Morgan fingerprint density at radius 2 is 2.42 bits per heavy atom. The minimum atomic E-state index is -0.768. The van der Waals surface area contributed by atoms with E-state index in [-0.39, 0.29) is 18.1 Å². The van der Waals surface area contributed by atoms with Crippen LogP contribution in [0, 0.1) is 0 Å². The van der Waals surface area contributed by atoms with Gasteiger partial charge in [-0.15, -0.1) is 0 Å². The summed E-state index contributed by atoms with van der Waals surface area (Å²) in [5, 5.41) is 19.4. The van der Waals surface area contributed by atoms with Crippen molar-refractivity contribution in [2.24, 2.45) is 0 Å². The summed E-state index contributed by atoms with van der Waals surface area (Å²) in [6.07, 6.45) is 0.0784. The van der Waals surface area contributed by atoms with Gasteiger partial charge in [0.25, 0.3) is 5.56 Å². The van der Waals surface area contributed by atoms with Crippen molar-refractivity contribution in [3.8, 4) is 0 Å². The second kappa shape index (κ2) is 4.34. The fourth-order valence-electron chi connectivity index (χ4n) is 2.36. The van der Waals surface area contributed by atoms with Gasteiger partial charge in [-0.25, -0.2) is 0 Å². The molecule has 1 aliphatic rings. The molecule has 3 rings (SSSR count). The predicted molar refractivity (Wildman–Crippen MR) is 66.4 cm³/mol. The Morgan fingerprint density at radius 1 is 1.63 bits per heavy atom. The highest BCUT2D eigenvalue weighted by Crippen LogP contribution is 2.30. The van der Waals surface area contributed by atoms with Gasteiger partial charge in [0.15, 0.2) is 11.9 Å². The Bertz CT molecular complexity index is 664. The highest BCUT2D eigenvalue weighted by Gasteiger charge is 2.35.